The van der Waals surface area contributed by atoms with Gasteiger partial charge in [0, 0.05) is 17.6 Å². The van der Waals surface area contributed by atoms with Crippen LogP contribution in [-0.4, -0.2) is 11.9 Å². The third kappa shape index (κ3) is 3.91. The molecule has 0 radical (unpaired) electrons. The molecule has 0 aromatic heterocycles. The smallest absolute Gasteiger partial charge is 0.238 e. The molecule has 2 unspecified atom stereocenters. The average molecular weight is 330 g/mol. The molecule has 1 saturated heterocycles. The topological polar surface area (TPSA) is 53.2 Å². The summed E-state index contributed by atoms with van der Waals surface area (Å²) >= 11 is 6.03. The van der Waals surface area contributed by atoms with Gasteiger partial charge in [-0.3, -0.25) is 4.79 Å². The van der Waals surface area contributed by atoms with Gasteiger partial charge in [0.2, 0.25) is 5.91 Å². The minimum Gasteiger partial charge on any atom is -0.351 e. The fourth-order valence-corrected chi connectivity index (χ4v) is 2.98. The van der Waals surface area contributed by atoms with Crippen molar-refractivity contribution in [3.05, 3.63) is 70.2 Å². The number of amides is 1. The van der Waals surface area contributed by atoms with Gasteiger partial charge in [0.25, 0.3) is 0 Å². The van der Waals surface area contributed by atoms with Gasteiger partial charge in [-0.2, -0.15) is 0 Å². The Balaban J connectivity index is 1.56. The van der Waals surface area contributed by atoms with Gasteiger partial charge >= 0.3 is 0 Å². The van der Waals surface area contributed by atoms with E-state index in [0.29, 0.717) is 18.0 Å². The maximum Gasteiger partial charge on any atom is 0.238 e. The Morgan fingerprint density at radius 1 is 1.22 bits per heavy atom. The van der Waals surface area contributed by atoms with E-state index in [2.05, 4.69) is 16.2 Å². The molecule has 1 aliphatic heterocycles. The Labute approximate surface area is 141 Å². The van der Waals surface area contributed by atoms with E-state index < -0.39 is 0 Å². The molecule has 2 aromatic rings. The average Bonchev–Trinajstić information content (AvgIpc) is 3.04. The fourth-order valence-electron chi connectivity index (χ4n) is 2.78. The molecule has 4 nitrogen and oxygen atoms in total. The van der Waals surface area contributed by atoms with E-state index in [1.54, 1.807) is 0 Å². The van der Waals surface area contributed by atoms with Crippen LogP contribution in [0.2, 0.25) is 5.02 Å². The van der Waals surface area contributed by atoms with E-state index in [1.165, 1.54) is 5.56 Å². The molecule has 2 atom stereocenters. The van der Waals surface area contributed by atoms with Crippen molar-refractivity contribution in [1.29, 1.82) is 0 Å². The molecule has 0 saturated carbocycles. The van der Waals surface area contributed by atoms with E-state index in [0.717, 1.165) is 11.1 Å². The fraction of sp³-hybridized carbons (Fsp3) is 0.278. The van der Waals surface area contributed by atoms with Crippen molar-refractivity contribution in [2.75, 3.05) is 0 Å². The van der Waals surface area contributed by atoms with Crippen LogP contribution < -0.4 is 16.2 Å². The lowest BCUT2D eigenvalue weighted by molar-refractivity contribution is -0.123. The van der Waals surface area contributed by atoms with Crippen LogP contribution in [0.3, 0.4) is 0 Å². The summed E-state index contributed by atoms with van der Waals surface area (Å²) < 4.78 is 0. The van der Waals surface area contributed by atoms with Crippen molar-refractivity contribution in [1.82, 2.24) is 16.2 Å². The first-order valence-corrected chi connectivity index (χ1v) is 8.10. The Morgan fingerprint density at radius 3 is 2.83 bits per heavy atom. The van der Waals surface area contributed by atoms with Crippen molar-refractivity contribution in [2.24, 2.45) is 0 Å². The first-order chi connectivity index (χ1) is 11.1. The zero-order valence-corrected chi connectivity index (χ0v) is 13.7. The van der Waals surface area contributed by atoms with Crippen LogP contribution in [0.5, 0.6) is 0 Å². The molecule has 120 valence electrons. The second-order valence-electron chi connectivity index (χ2n) is 5.83. The maximum absolute atomic E-state index is 12.3. The zero-order valence-electron chi connectivity index (χ0n) is 13.0. The van der Waals surface area contributed by atoms with Gasteiger partial charge < -0.3 is 5.32 Å². The Kier molecular flexibility index (Phi) is 4.96. The number of halogens is 1. The lowest BCUT2D eigenvalue weighted by Crippen LogP contribution is -2.42. The van der Waals surface area contributed by atoms with Crippen molar-refractivity contribution < 1.29 is 4.79 Å². The van der Waals surface area contributed by atoms with Crippen LogP contribution in [0.1, 0.15) is 29.2 Å². The summed E-state index contributed by atoms with van der Waals surface area (Å²) in [4.78, 5) is 12.3. The molecular formula is C18H20ClN3O. The Morgan fingerprint density at radius 2 is 2.04 bits per heavy atom. The number of aryl methyl sites for hydroxylation is 1. The summed E-state index contributed by atoms with van der Waals surface area (Å²) in [6.45, 7) is 2.59. The largest absolute Gasteiger partial charge is 0.351 e. The van der Waals surface area contributed by atoms with Gasteiger partial charge in [0.05, 0.1) is 0 Å². The molecule has 3 rings (SSSR count). The number of hydrogen-bond donors (Lipinski definition) is 3. The van der Waals surface area contributed by atoms with Gasteiger partial charge in [0.15, 0.2) is 0 Å². The van der Waals surface area contributed by atoms with Crippen molar-refractivity contribution in [2.45, 2.75) is 32.0 Å². The molecule has 1 fully saturated rings. The van der Waals surface area contributed by atoms with E-state index in [1.807, 2.05) is 55.5 Å². The van der Waals surface area contributed by atoms with Crippen LogP contribution in [0.4, 0.5) is 0 Å². The van der Waals surface area contributed by atoms with Gasteiger partial charge in [-0.1, -0.05) is 48.0 Å². The highest BCUT2D eigenvalue weighted by Crippen LogP contribution is 2.24. The summed E-state index contributed by atoms with van der Waals surface area (Å²) in [5.74, 6) is 0.00489. The number of nitrogens with one attached hydrogen (secondary N) is 3. The molecule has 1 heterocycles. The van der Waals surface area contributed by atoms with E-state index >= 15 is 0 Å². The monoisotopic (exact) mass is 329 g/mol. The molecule has 0 bridgehead atoms. The lowest BCUT2D eigenvalue weighted by Gasteiger charge is -2.12. The molecule has 0 spiro atoms. The summed E-state index contributed by atoms with van der Waals surface area (Å²) in [7, 11) is 0. The van der Waals surface area contributed by atoms with Gasteiger partial charge in [-0.15, -0.1) is 0 Å². The van der Waals surface area contributed by atoms with Crippen LogP contribution in [0.15, 0.2) is 48.5 Å². The predicted octanol–water partition coefficient (Wildman–Crippen LogP) is 2.87. The van der Waals surface area contributed by atoms with Gasteiger partial charge in [0.1, 0.15) is 6.04 Å². The molecule has 5 heteroatoms. The van der Waals surface area contributed by atoms with Crippen molar-refractivity contribution in [3.8, 4) is 0 Å². The number of benzene rings is 2. The Bertz CT molecular complexity index is 704. The molecule has 0 aliphatic carbocycles. The normalized spacial score (nSPS) is 20.4. The number of carbonyl (C=O) groups is 1. The highest BCUT2D eigenvalue weighted by molar-refractivity contribution is 6.30. The van der Waals surface area contributed by atoms with E-state index in [9.17, 15) is 4.79 Å². The minimum absolute atomic E-state index is 0.00489. The van der Waals surface area contributed by atoms with Crippen LogP contribution in [0.25, 0.3) is 0 Å². The zero-order chi connectivity index (χ0) is 16.2. The summed E-state index contributed by atoms with van der Waals surface area (Å²) in [5, 5.41) is 3.70. The number of hydrazine groups is 1. The first-order valence-electron chi connectivity index (χ1n) is 7.72. The standard InChI is InChI=1S/C18H20ClN3O/c1-12-5-2-3-6-14(12)11-20-18(23)17-10-16(21-22-17)13-7-4-8-15(19)9-13/h2-9,16-17,21-22H,10-11H2,1H3,(H,20,23). The van der Waals surface area contributed by atoms with Crippen LogP contribution >= 0.6 is 11.6 Å². The molecular weight excluding hydrogens is 310 g/mol. The summed E-state index contributed by atoms with van der Waals surface area (Å²) in [5.41, 5.74) is 9.64. The second kappa shape index (κ2) is 7.13. The Hall–Kier alpha value is -1.88. The molecule has 1 aliphatic rings. The second-order valence-corrected chi connectivity index (χ2v) is 6.27. The SMILES string of the molecule is Cc1ccccc1CNC(=O)C1CC(c2cccc(Cl)c2)NN1. The lowest BCUT2D eigenvalue weighted by atomic mass is 10.0. The van der Waals surface area contributed by atoms with Gasteiger partial charge in [-0.05, 0) is 42.2 Å². The van der Waals surface area contributed by atoms with Crippen molar-refractivity contribution in [3.63, 3.8) is 0 Å². The number of hydrogen-bond acceptors (Lipinski definition) is 3. The highest BCUT2D eigenvalue weighted by atomic mass is 35.5. The molecule has 2 aromatic carbocycles. The minimum atomic E-state index is -0.247. The number of carbonyl (C=O) groups excluding carboxylic acids is 1. The van der Waals surface area contributed by atoms with Crippen LogP contribution in [0, 0.1) is 6.92 Å². The molecule has 1 amide bonds. The van der Waals surface area contributed by atoms with Crippen LogP contribution in [-0.2, 0) is 11.3 Å². The molecule has 23 heavy (non-hydrogen) atoms. The number of rotatable bonds is 4. The van der Waals surface area contributed by atoms with Gasteiger partial charge in [-0.25, -0.2) is 10.9 Å². The van der Waals surface area contributed by atoms with E-state index in [4.69, 9.17) is 11.6 Å². The highest BCUT2D eigenvalue weighted by Gasteiger charge is 2.29. The first kappa shape index (κ1) is 16.0. The third-order valence-corrected chi connectivity index (χ3v) is 4.42. The quantitative estimate of drug-likeness (QED) is 0.808. The van der Waals surface area contributed by atoms with Crippen molar-refractivity contribution >= 4 is 17.5 Å². The summed E-state index contributed by atoms with van der Waals surface area (Å²) in [6, 6.07) is 15.6. The third-order valence-electron chi connectivity index (χ3n) is 4.19. The maximum atomic E-state index is 12.3. The molecule has 3 N–H and O–H groups in total. The summed E-state index contributed by atoms with van der Waals surface area (Å²) in [6.07, 6.45) is 0.694. The van der Waals surface area contributed by atoms with E-state index in [-0.39, 0.29) is 18.0 Å². The predicted molar refractivity (Wildman–Crippen MR) is 91.9 cm³/mol.